The third kappa shape index (κ3) is 4.42. The Labute approximate surface area is 161 Å². The standard InChI is InChI=1S/C22H28N4O/c1-25-13-15-26(16-14-25)21-11-9-19(10-12-21)23-18-5-7-20(8-6-18)24-22(27)17-3-2-4-17/h5-12,17,23H,2-4,13-16H2,1H3,(H,24,27). The lowest BCUT2D eigenvalue weighted by molar-refractivity contribution is -0.122. The molecule has 0 radical (unpaired) electrons. The van der Waals surface area contributed by atoms with Crippen molar-refractivity contribution in [3.8, 4) is 0 Å². The first-order chi connectivity index (χ1) is 13.2. The van der Waals surface area contributed by atoms with Gasteiger partial charge in [0.25, 0.3) is 0 Å². The summed E-state index contributed by atoms with van der Waals surface area (Å²) in [6.45, 7) is 4.39. The molecule has 0 aromatic heterocycles. The number of carbonyl (C=O) groups is 1. The molecule has 2 N–H and O–H groups in total. The summed E-state index contributed by atoms with van der Waals surface area (Å²) >= 11 is 0. The molecule has 5 nitrogen and oxygen atoms in total. The van der Waals surface area contributed by atoms with E-state index in [2.05, 4.69) is 51.7 Å². The number of carbonyl (C=O) groups excluding carboxylic acids is 1. The molecule has 5 heteroatoms. The van der Waals surface area contributed by atoms with Crippen molar-refractivity contribution in [3.05, 3.63) is 48.5 Å². The van der Waals surface area contributed by atoms with Gasteiger partial charge in [-0.25, -0.2) is 0 Å². The van der Waals surface area contributed by atoms with Gasteiger partial charge in [-0.15, -0.1) is 0 Å². The number of anilines is 4. The zero-order chi connectivity index (χ0) is 18.6. The molecular formula is C22H28N4O. The van der Waals surface area contributed by atoms with Crippen molar-refractivity contribution in [3.63, 3.8) is 0 Å². The van der Waals surface area contributed by atoms with Crippen molar-refractivity contribution in [1.29, 1.82) is 0 Å². The minimum atomic E-state index is 0.154. The van der Waals surface area contributed by atoms with E-state index in [1.165, 1.54) is 12.1 Å². The van der Waals surface area contributed by atoms with Gasteiger partial charge in [-0.1, -0.05) is 6.42 Å². The first-order valence-electron chi connectivity index (χ1n) is 9.89. The van der Waals surface area contributed by atoms with Gasteiger partial charge in [0, 0.05) is 54.8 Å². The molecule has 1 aliphatic heterocycles. The Morgan fingerprint density at radius 3 is 1.96 bits per heavy atom. The maximum Gasteiger partial charge on any atom is 0.227 e. The van der Waals surface area contributed by atoms with Crippen molar-refractivity contribution < 1.29 is 4.79 Å². The Balaban J connectivity index is 1.32. The van der Waals surface area contributed by atoms with Crippen LogP contribution in [0.25, 0.3) is 0 Å². The number of piperazine rings is 1. The monoisotopic (exact) mass is 364 g/mol. The highest BCUT2D eigenvalue weighted by Crippen LogP contribution is 2.28. The number of likely N-dealkylation sites (N-methyl/N-ethyl adjacent to an activating group) is 1. The number of benzene rings is 2. The van der Waals surface area contributed by atoms with E-state index in [0.29, 0.717) is 0 Å². The Bertz CT molecular complexity index is 760. The van der Waals surface area contributed by atoms with Crippen LogP contribution in [-0.4, -0.2) is 44.0 Å². The summed E-state index contributed by atoms with van der Waals surface area (Å²) in [7, 11) is 2.17. The molecule has 1 heterocycles. The molecule has 0 unspecified atom stereocenters. The van der Waals surface area contributed by atoms with Crippen LogP contribution >= 0.6 is 0 Å². The van der Waals surface area contributed by atoms with Gasteiger partial charge < -0.3 is 20.4 Å². The summed E-state index contributed by atoms with van der Waals surface area (Å²) in [4.78, 5) is 16.8. The van der Waals surface area contributed by atoms with Crippen LogP contribution in [0.5, 0.6) is 0 Å². The molecule has 1 saturated heterocycles. The van der Waals surface area contributed by atoms with Crippen molar-refractivity contribution in [2.24, 2.45) is 5.92 Å². The number of nitrogens with one attached hydrogen (secondary N) is 2. The van der Waals surface area contributed by atoms with Gasteiger partial charge in [-0.2, -0.15) is 0 Å². The van der Waals surface area contributed by atoms with Crippen LogP contribution in [0.1, 0.15) is 19.3 Å². The molecule has 1 saturated carbocycles. The molecule has 2 fully saturated rings. The Morgan fingerprint density at radius 1 is 0.852 bits per heavy atom. The molecule has 0 atom stereocenters. The zero-order valence-corrected chi connectivity index (χ0v) is 15.9. The summed E-state index contributed by atoms with van der Waals surface area (Å²) in [5.74, 6) is 0.364. The summed E-state index contributed by atoms with van der Waals surface area (Å²) in [5.41, 5.74) is 4.23. The van der Waals surface area contributed by atoms with E-state index in [1.54, 1.807) is 0 Å². The summed E-state index contributed by atoms with van der Waals surface area (Å²) in [6, 6.07) is 16.5. The predicted octanol–water partition coefficient (Wildman–Crippen LogP) is 3.92. The molecule has 4 rings (SSSR count). The van der Waals surface area contributed by atoms with Gasteiger partial charge in [0.05, 0.1) is 0 Å². The first-order valence-corrected chi connectivity index (χ1v) is 9.89. The second kappa shape index (κ2) is 8.01. The molecular weight excluding hydrogens is 336 g/mol. The molecule has 2 aromatic carbocycles. The molecule has 27 heavy (non-hydrogen) atoms. The molecule has 0 spiro atoms. The van der Waals surface area contributed by atoms with E-state index in [0.717, 1.165) is 56.1 Å². The van der Waals surface area contributed by atoms with E-state index < -0.39 is 0 Å². The Hall–Kier alpha value is -2.53. The molecule has 2 aromatic rings. The van der Waals surface area contributed by atoms with Crippen LogP contribution in [0, 0.1) is 5.92 Å². The average molecular weight is 364 g/mol. The average Bonchev–Trinajstić information content (AvgIpc) is 2.63. The van der Waals surface area contributed by atoms with Gasteiger partial charge in [-0.05, 0) is 68.4 Å². The van der Waals surface area contributed by atoms with Crippen molar-refractivity contribution in [2.45, 2.75) is 19.3 Å². The van der Waals surface area contributed by atoms with Crippen LogP contribution in [0.15, 0.2) is 48.5 Å². The lowest BCUT2D eigenvalue weighted by atomic mass is 9.85. The molecule has 0 bridgehead atoms. The van der Waals surface area contributed by atoms with Gasteiger partial charge in [0.15, 0.2) is 0 Å². The van der Waals surface area contributed by atoms with Gasteiger partial charge >= 0.3 is 0 Å². The first kappa shape index (κ1) is 17.9. The van der Waals surface area contributed by atoms with Gasteiger partial charge in [0.1, 0.15) is 0 Å². The van der Waals surface area contributed by atoms with E-state index in [9.17, 15) is 4.79 Å². The molecule has 1 aliphatic carbocycles. The number of hydrogen-bond acceptors (Lipinski definition) is 4. The maximum atomic E-state index is 12.0. The van der Waals surface area contributed by atoms with Gasteiger partial charge in [-0.3, -0.25) is 4.79 Å². The number of nitrogens with zero attached hydrogens (tertiary/aromatic N) is 2. The van der Waals surface area contributed by atoms with Gasteiger partial charge in [0.2, 0.25) is 5.91 Å². The highest BCUT2D eigenvalue weighted by molar-refractivity contribution is 5.93. The van der Waals surface area contributed by atoms with Crippen LogP contribution in [0.4, 0.5) is 22.7 Å². The van der Waals surface area contributed by atoms with E-state index >= 15 is 0 Å². The van der Waals surface area contributed by atoms with Crippen LogP contribution in [0.3, 0.4) is 0 Å². The number of amides is 1. The van der Waals surface area contributed by atoms with Crippen LogP contribution < -0.4 is 15.5 Å². The molecule has 2 aliphatic rings. The van der Waals surface area contributed by atoms with Crippen LogP contribution in [-0.2, 0) is 4.79 Å². The van der Waals surface area contributed by atoms with E-state index in [4.69, 9.17) is 0 Å². The minimum Gasteiger partial charge on any atom is -0.369 e. The highest BCUT2D eigenvalue weighted by atomic mass is 16.1. The molecule has 142 valence electrons. The molecule has 1 amide bonds. The predicted molar refractivity (Wildman–Crippen MR) is 112 cm³/mol. The lowest BCUT2D eigenvalue weighted by Gasteiger charge is -2.34. The normalized spacial score (nSPS) is 18.0. The highest BCUT2D eigenvalue weighted by Gasteiger charge is 2.25. The third-order valence-corrected chi connectivity index (χ3v) is 5.65. The SMILES string of the molecule is CN1CCN(c2ccc(Nc3ccc(NC(=O)C4CCC4)cc3)cc2)CC1. The Kier molecular flexibility index (Phi) is 5.30. The fourth-order valence-electron chi connectivity index (χ4n) is 3.54. The summed E-state index contributed by atoms with van der Waals surface area (Å²) in [5, 5.41) is 6.43. The van der Waals surface area contributed by atoms with Crippen molar-refractivity contribution in [2.75, 3.05) is 48.8 Å². The quantitative estimate of drug-likeness (QED) is 0.844. The topological polar surface area (TPSA) is 47.6 Å². The zero-order valence-electron chi connectivity index (χ0n) is 15.9. The number of hydrogen-bond donors (Lipinski definition) is 2. The minimum absolute atomic E-state index is 0.154. The number of rotatable bonds is 5. The Morgan fingerprint density at radius 2 is 1.41 bits per heavy atom. The largest absolute Gasteiger partial charge is 0.369 e. The van der Waals surface area contributed by atoms with E-state index in [1.807, 2.05) is 24.3 Å². The smallest absolute Gasteiger partial charge is 0.227 e. The van der Waals surface area contributed by atoms with E-state index in [-0.39, 0.29) is 11.8 Å². The lowest BCUT2D eigenvalue weighted by Crippen LogP contribution is -2.44. The summed E-state index contributed by atoms with van der Waals surface area (Å²) < 4.78 is 0. The second-order valence-corrected chi connectivity index (χ2v) is 7.66. The second-order valence-electron chi connectivity index (χ2n) is 7.66. The van der Waals surface area contributed by atoms with Crippen LogP contribution in [0.2, 0.25) is 0 Å². The van der Waals surface area contributed by atoms with Crippen molar-refractivity contribution in [1.82, 2.24) is 4.90 Å². The van der Waals surface area contributed by atoms with Crippen molar-refractivity contribution >= 4 is 28.7 Å². The fraction of sp³-hybridized carbons (Fsp3) is 0.409. The summed E-state index contributed by atoms with van der Waals surface area (Å²) in [6.07, 6.45) is 3.22. The third-order valence-electron chi connectivity index (χ3n) is 5.65. The fourth-order valence-corrected chi connectivity index (χ4v) is 3.54. The maximum absolute atomic E-state index is 12.0.